The number of hydrogen-bond acceptors (Lipinski definition) is 3. The van der Waals surface area contributed by atoms with Crippen LogP contribution in [0, 0.1) is 7.14 Å². The zero-order valence-electron chi connectivity index (χ0n) is 11.7. The van der Waals surface area contributed by atoms with Gasteiger partial charge in [-0.25, -0.2) is 5.43 Å². The molecule has 2 rings (SSSR count). The molecule has 2 N–H and O–H groups in total. The number of nitrogens with one attached hydrogen (secondary N) is 1. The number of phenols is 1. The first-order valence-corrected chi connectivity index (χ1v) is 8.53. The Balaban J connectivity index is 2.08. The maximum Gasteiger partial charge on any atom is 0.416 e. The van der Waals surface area contributed by atoms with Crippen molar-refractivity contribution in [1.82, 2.24) is 5.43 Å². The van der Waals surface area contributed by atoms with Gasteiger partial charge in [0.1, 0.15) is 5.75 Å². The molecule has 0 atom stereocenters. The summed E-state index contributed by atoms with van der Waals surface area (Å²) in [6, 6.07) is 7.23. The molecule has 0 spiro atoms. The number of nitrogens with zero attached hydrogens (tertiary/aromatic N) is 1. The molecule has 0 fully saturated rings. The van der Waals surface area contributed by atoms with Crippen LogP contribution < -0.4 is 5.43 Å². The largest absolute Gasteiger partial charge is 0.506 e. The van der Waals surface area contributed by atoms with E-state index >= 15 is 0 Å². The molecule has 24 heavy (non-hydrogen) atoms. The summed E-state index contributed by atoms with van der Waals surface area (Å²) in [6.45, 7) is 0. The molecule has 0 heterocycles. The van der Waals surface area contributed by atoms with Gasteiger partial charge in [-0.1, -0.05) is 0 Å². The molecule has 0 saturated heterocycles. The molecule has 0 aromatic heterocycles. The predicted octanol–water partition coefficient (Wildman–Crippen LogP) is 4.38. The Morgan fingerprint density at radius 1 is 1.17 bits per heavy atom. The van der Waals surface area contributed by atoms with E-state index in [2.05, 4.69) is 33.1 Å². The van der Waals surface area contributed by atoms with E-state index in [0.717, 1.165) is 27.8 Å². The monoisotopic (exact) mass is 560 g/mol. The third-order valence-electron chi connectivity index (χ3n) is 2.90. The molecular weight excluding hydrogens is 551 g/mol. The molecular formula is C15H9F3I2N2O2. The number of phenolic OH excluding ortho intramolecular Hbond substituents is 1. The quantitative estimate of drug-likeness (QED) is 0.333. The maximum atomic E-state index is 12.5. The number of alkyl halides is 3. The first kappa shape index (κ1) is 19.0. The van der Waals surface area contributed by atoms with Gasteiger partial charge < -0.3 is 5.11 Å². The summed E-state index contributed by atoms with van der Waals surface area (Å²) in [4.78, 5) is 11.8. The highest BCUT2D eigenvalue weighted by Gasteiger charge is 2.30. The van der Waals surface area contributed by atoms with E-state index in [-0.39, 0.29) is 11.3 Å². The number of hydrogen-bond donors (Lipinski definition) is 2. The number of halogens is 5. The van der Waals surface area contributed by atoms with Crippen molar-refractivity contribution in [2.75, 3.05) is 0 Å². The van der Waals surface area contributed by atoms with Gasteiger partial charge in [0.05, 0.1) is 15.3 Å². The van der Waals surface area contributed by atoms with Crippen LogP contribution in [-0.4, -0.2) is 17.2 Å². The number of carbonyl (C=O) groups is 1. The average molecular weight is 560 g/mol. The van der Waals surface area contributed by atoms with Crippen molar-refractivity contribution in [3.8, 4) is 5.75 Å². The van der Waals surface area contributed by atoms with Gasteiger partial charge in [-0.2, -0.15) is 18.3 Å². The number of carbonyl (C=O) groups excluding carboxylic acids is 1. The van der Waals surface area contributed by atoms with E-state index in [1.807, 2.05) is 22.6 Å². The number of amides is 1. The van der Waals surface area contributed by atoms with Gasteiger partial charge in [0.2, 0.25) is 0 Å². The van der Waals surface area contributed by atoms with Gasteiger partial charge in [-0.05, 0) is 81.6 Å². The van der Waals surface area contributed by atoms with E-state index in [9.17, 15) is 23.1 Å². The SMILES string of the molecule is O=C(N/N=C/c1cc(I)cc(I)c1O)c1ccc(C(F)(F)F)cc1. The third-order valence-corrected chi connectivity index (χ3v) is 4.35. The minimum Gasteiger partial charge on any atom is -0.506 e. The lowest BCUT2D eigenvalue weighted by Crippen LogP contribution is -2.18. The maximum absolute atomic E-state index is 12.5. The molecule has 0 saturated carbocycles. The standard InChI is InChI=1S/C15H9F3I2N2O2/c16-15(17,18)10-3-1-8(2-4-10)14(24)22-21-7-9-5-11(19)6-12(20)13(9)23/h1-7,23H,(H,22,24)/b21-7+. The minimum absolute atomic E-state index is 0.0311. The van der Waals surface area contributed by atoms with Crippen LogP contribution in [0.5, 0.6) is 5.75 Å². The lowest BCUT2D eigenvalue weighted by Gasteiger charge is -2.07. The fourth-order valence-electron chi connectivity index (χ4n) is 1.72. The van der Waals surface area contributed by atoms with Crippen molar-refractivity contribution in [3.63, 3.8) is 0 Å². The van der Waals surface area contributed by atoms with Gasteiger partial charge in [-0.15, -0.1) is 0 Å². The van der Waals surface area contributed by atoms with Crippen LogP contribution in [0.3, 0.4) is 0 Å². The van der Waals surface area contributed by atoms with E-state index in [0.29, 0.717) is 9.13 Å². The third kappa shape index (κ3) is 4.82. The number of aromatic hydroxyl groups is 1. The highest BCUT2D eigenvalue weighted by atomic mass is 127. The number of rotatable bonds is 3. The molecule has 0 aliphatic carbocycles. The van der Waals surface area contributed by atoms with Crippen molar-refractivity contribution in [2.24, 2.45) is 5.10 Å². The van der Waals surface area contributed by atoms with Crippen LogP contribution in [0.15, 0.2) is 41.5 Å². The van der Waals surface area contributed by atoms with Crippen LogP contribution in [-0.2, 0) is 6.18 Å². The molecule has 0 radical (unpaired) electrons. The Kier molecular flexibility index (Phi) is 6.06. The predicted molar refractivity (Wildman–Crippen MR) is 100 cm³/mol. The summed E-state index contributed by atoms with van der Waals surface area (Å²) in [5.41, 5.74) is 1.83. The smallest absolute Gasteiger partial charge is 0.416 e. The molecule has 9 heteroatoms. The van der Waals surface area contributed by atoms with Crippen LogP contribution >= 0.6 is 45.2 Å². The van der Waals surface area contributed by atoms with Crippen molar-refractivity contribution in [3.05, 3.63) is 60.2 Å². The Morgan fingerprint density at radius 2 is 1.79 bits per heavy atom. The zero-order chi connectivity index (χ0) is 17.9. The normalized spacial score (nSPS) is 11.7. The highest BCUT2D eigenvalue weighted by Crippen LogP contribution is 2.29. The van der Waals surface area contributed by atoms with E-state index in [4.69, 9.17) is 0 Å². The van der Waals surface area contributed by atoms with Crippen molar-refractivity contribution < 1.29 is 23.1 Å². The molecule has 0 bridgehead atoms. The molecule has 0 unspecified atom stereocenters. The summed E-state index contributed by atoms with van der Waals surface area (Å²) in [6.07, 6.45) is -3.19. The second kappa shape index (κ2) is 7.68. The molecule has 0 aliphatic heterocycles. The lowest BCUT2D eigenvalue weighted by molar-refractivity contribution is -0.137. The van der Waals surface area contributed by atoms with Crippen molar-refractivity contribution in [1.29, 1.82) is 0 Å². The lowest BCUT2D eigenvalue weighted by atomic mass is 10.1. The molecule has 126 valence electrons. The summed E-state index contributed by atoms with van der Waals surface area (Å²) >= 11 is 4.04. The molecule has 1 amide bonds. The summed E-state index contributed by atoms with van der Waals surface area (Å²) in [5, 5.41) is 13.6. The molecule has 4 nitrogen and oxygen atoms in total. The first-order chi connectivity index (χ1) is 11.2. The van der Waals surface area contributed by atoms with E-state index < -0.39 is 17.6 Å². The topological polar surface area (TPSA) is 61.7 Å². The summed E-state index contributed by atoms with van der Waals surface area (Å²) < 4.78 is 38.9. The van der Waals surface area contributed by atoms with Crippen LogP contribution in [0.4, 0.5) is 13.2 Å². The Labute approximate surface area is 162 Å². The van der Waals surface area contributed by atoms with Crippen molar-refractivity contribution in [2.45, 2.75) is 6.18 Å². The molecule has 0 aliphatic rings. The van der Waals surface area contributed by atoms with Gasteiger partial charge in [0, 0.05) is 14.7 Å². The summed E-state index contributed by atoms with van der Waals surface area (Å²) in [7, 11) is 0. The van der Waals surface area contributed by atoms with Gasteiger partial charge in [0.15, 0.2) is 0 Å². The Hall–Kier alpha value is -1.37. The zero-order valence-corrected chi connectivity index (χ0v) is 16.0. The van der Waals surface area contributed by atoms with Gasteiger partial charge >= 0.3 is 6.18 Å². The Morgan fingerprint density at radius 3 is 2.38 bits per heavy atom. The van der Waals surface area contributed by atoms with Gasteiger partial charge in [0.25, 0.3) is 5.91 Å². The highest BCUT2D eigenvalue weighted by molar-refractivity contribution is 14.1. The minimum atomic E-state index is -4.45. The van der Waals surface area contributed by atoms with E-state index in [1.54, 1.807) is 12.1 Å². The first-order valence-electron chi connectivity index (χ1n) is 6.37. The fourth-order valence-corrected chi connectivity index (χ4v) is 3.61. The second-order valence-corrected chi connectivity index (χ2v) is 7.01. The van der Waals surface area contributed by atoms with Crippen LogP contribution in [0.25, 0.3) is 0 Å². The Bertz CT molecular complexity index is 791. The van der Waals surface area contributed by atoms with Crippen molar-refractivity contribution >= 4 is 57.3 Å². The van der Waals surface area contributed by atoms with Gasteiger partial charge in [-0.3, -0.25) is 4.79 Å². The average Bonchev–Trinajstić information content (AvgIpc) is 2.51. The second-order valence-electron chi connectivity index (χ2n) is 4.60. The number of hydrazone groups is 1. The van der Waals surface area contributed by atoms with Crippen LogP contribution in [0.1, 0.15) is 21.5 Å². The van der Waals surface area contributed by atoms with E-state index in [1.165, 1.54) is 6.21 Å². The number of benzene rings is 2. The fraction of sp³-hybridized carbons (Fsp3) is 0.0667. The van der Waals surface area contributed by atoms with Crippen LogP contribution in [0.2, 0.25) is 0 Å². The summed E-state index contributed by atoms with van der Waals surface area (Å²) in [5.74, 6) is -0.622. The molecule has 2 aromatic rings. The molecule has 2 aromatic carbocycles.